The summed E-state index contributed by atoms with van der Waals surface area (Å²) in [5.74, 6) is -0.669. The molecule has 0 saturated carbocycles. The number of anilines is 1. The zero-order chi connectivity index (χ0) is 21.4. The van der Waals surface area contributed by atoms with Gasteiger partial charge in [-0.15, -0.1) is 0 Å². The standard InChI is InChI=1S/C22H21N5O4/c1-26-18-6-2-5-17(20(18)31-22(26)29)24-21(28)16-13-27(15-4-3-9-23-12-15)25-19(16)14-7-10-30-11-8-14/h2-6,9,12-14H,7-8,10-11H2,1H3,(H,24,28). The number of pyridine rings is 1. The fraction of sp³-hybridized carbons (Fsp3) is 0.273. The van der Waals surface area contributed by atoms with E-state index in [0.717, 1.165) is 24.2 Å². The Bertz CT molecular complexity index is 1300. The predicted octanol–water partition coefficient (Wildman–Crippen LogP) is 2.86. The summed E-state index contributed by atoms with van der Waals surface area (Å²) in [5, 5.41) is 7.63. The summed E-state index contributed by atoms with van der Waals surface area (Å²) >= 11 is 0. The predicted molar refractivity (Wildman–Crippen MR) is 114 cm³/mol. The van der Waals surface area contributed by atoms with Crippen LogP contribution in [0, 0.1) is 0 Å². The number of hydrogen-bond donors (Lipinski definition) is 1. The van der Waals surface area contributed by atoms with Gasteiger partial charge < -0.3 is 14.5 Å². The Labute approximate surface area is 177 Å². The highest BCUT2D eigenvalue weighted by atomic mass is 16.5. The summed E-state index contributed by atoms with van der Waals surface area (Å²) in [7, 11) is 1.63. The number of fused-ring (bicyclic) bond motifs is 1. The molecule has 158 valence electrons. The monoisotopic (exact) mass is 419 g/mol. The first kappa shape index (κ1) is 19.3. The molecule has 1 aromatic carbocycles. The number of amides is 1. The minimum absolute atomic E-state index is 0.123. The number of hydrogen-bond acceptors (Lipinski definition) is 6. The van der Waals surface area contributed by atoms with E-state index < -0.39 is 5.76 Å². The van der Waals surface area contributed by atoms with Crippen LogP contribution in [0.15, 0.2) is 58.1 Å². The zero-order valence-corrected chi connectivity index (χ0v) is 16.9. The summed E-state index contributed by atoms with van der Waals surface area (Å²) in [6.07, 6.45) is 6.70. The summed E-state index contributed by atoms with van der Waals surface area (Å²) in [6.45, 7) is 1.28. The third-order valence-electron chi connectivity index (χ3n) is 5.57. The number of rotatable bonds is 4. The van der Waals surface area contributed by atoms with Gasteiger partial charge in [-0.2, -0.15) is 5.10 Å². The van der Waals surface area contributed by atoms with Crippen molar-refractivity contribution < 1.29 is 13.9 Å². The third-order valence-corrected chi connectivity index (χ3v) is 5.57. The number of nitrogens with one attached hydrogen (secondary N) is 1. The van der Waals surface area contributed by atoms with Crippen molar-refractivity contribution in [2.75, 3.05) is 18.5 Å². The number of carbonyl (C=O) groups excluding carboxylic acids is 1. The van der Waals surface area contributed by atoms with E-state index in [4.69, 9.17) is 14.3 Å². The fourth-order valence-electron chi connectivity index (χ4n) is 3.89. The topological polar surface area (TPSA) is 104 Å². The molecule has 0 aliphatic carbocycles. The van der Waals surface area contributed by atoms with Crippen molar-refractivity contribution in [3.8, 4) is 5.69 Å². The minimum Gasteiger partial charge on any atom is -0.405 e. The summed E-state index contributed by atoms with van der Waals surface area (Å²) < 4.78 is 13.9. The van der Waals surface area contributed by atoms with Gasteiger partial charge in [-0.1, -0.05) is 6.07 Å². The second-order valence-electron chi connectivity index (χ2n) is 7.51. The maximum absolute atomic E-state index is 13.3. The van der Waals surface area contributed by atoms with Crippen molar-refractivity contribution in [1.29, 1.82) is 0 Å². The lowest BCUT2D eigenvalue weighted by Crippen LogP contribution is -2.19. The third kappa shape index (κ3) is 3.53. The normalized spacial score (nSPS) is 14.7. The van der Waals surface area contributed by atoms with Gasteiger partial charge in [-0.05, 0) is 37.1 Å². The Morgan fingerprint density at radius 2 is 2.03 bits per heavy atom. The van der Waals surface area contributed by atoms with Crippen LogP contribution in [0.5, 0.6) is 0 Å². The van der Waals surface area contributed by atoms with Gasteiger partial charge in [0.15, 0.2) is 5.58 Å². The molecular weight excluding hydrogens is 398 g/mol. The molecule has 0 bridgehead atoms. The summed E-state index contributed by atoms with van der Waals surface area (Å²) in [5.41, 5.74) is 3.37. The Morgan fingerprint density at radius 3 is 2.81 bits per heavy atom. The van der Waals surface area contributed by atoms with Gasteiger partial charge in [0, 0.05) is 38.6 Å². The van der Waals surface area contributed by atoms with Crippen molar-refractivity contribution in [2.24, 2.45) is 7.05 Å². The molecule has 0 unspecified atom stereocenters. The SMILES string of the molecule is Cn1c(=O)oc2c(NC(=O)c3cn(-c4cccnc4)nc3C3CCOCC3)cccc21. The molecule has 1 aliphatic heterocycles. The number of ether oxygens (including phenoxy) is 1. The van der Waals surface area contributed by atoms with Crippen molar-refractivity contribution in [3.63, 3.8) is 0 Å². The van der Waals surface area contributed by atoms with E-state index in [2.05, 4.69) is 10.3 Å². The second kappa shape index (κ2) is 7.84. The summed E-state index contributed by atoms with van der Waals surface area (Å²) in [4.78, 5) is 29.4. The molecule has 9 nitrogen and oxygen atoms in total. The van der Waals surface area contributed by atoms with Crippen LogP contribution in [-0.4, -0.2) is 38.5 Å². The molecule has 1 saturated heterocycles. The molecule has 4 aromatic rings. The Hall–Kier alpha value is -3.72. The Morgan fingerprint density at radius 1 is 1.19 bits per heavy atom. The van der Waals surface area contributed by atoms with Crippen molar-refractivity contribution in [2.45, 2.75) is 18.8 Å². The number of aryl methyl sites for hydroxylation is 1. The largest absolute Gasteiger partial charge is 0.419 e. The molecule has 31 heavy (non-hydrogen) atoms. The molecule has 0 atom stereocenters. The highest BCUT2D eigenvalue weighted by molar-refractivity contribution is 6.08. The molecule has 0 spiro atoms. The highest BCUT2D eigenvalue weighted by Crippen LogP contribution is 2.30. The van der Waals surface area contributed by atoms with Gasteiger partial charge in [0.1, 0.15) is 0 Å². The first-order valence-electron chi connectivity index (χ1n) is 10.1. The van der Waals surface area contributed by atoms with Gasteiger partial charge in [-0.25, -0.2) is 9.48 Å². The van der Waals surface area contributed by atoms with Gasteiger partial charge >= 0.3 is 5.76 Å². The van der Waals surface area contributed by atoms with Gasteiger partial charge in [0.25, 0.3) is 5.91 Å². The van der Waals surface area contributed by atoms with Crippen LogP contribution in [0.4, 0.5) is 5.69 Å². The molecule has 1 aliphatic rings. The van der Waals surface area contributed by atoms with E-state index in [1.54, 1.807) is 48.5 Å². The Kier molecular flexibility index (Phi) is 4.87. The lowest BCUT2D eigenvalue weighted by atomic mass is 9.94. The van der Waals surface area contributed by atoms with Crippen LogP contribution in [0.3, 0.4) is 0 Å². The molecule has 1 fully saturated rings. The van der Waals surface area contributed by atoms with Gasteiger partial charge in [0.2, 0.25) is 0 Å². The first-order valence-corrected chi connectivity index (χ1v) is 10.1. The number of nitrogens with zero attached hydrogens (tertiary/aromatic N) is 4. The van der Waals surface area contributed by atoms with Crippen molar-refractivity contribution in [1.82, 2.24) is 19.3 Å². The molecular formula is C22H21N5O4. The summed E-state index contributed by atoms with van der Waals surface area (Å²) in [6, 6.07) is 8.95. The Balaban J connectivity index is 1.54. The molecule has 1 N–H and O–H groups in total. The molecule has 9 heteroatoms. The number of carbonyl (C=O) groups is 1. The van der Waals surface area contributed by atoms with Crippen LogP contribution in [0.2, 0.25) is 0 Å². The van der Waals surface area contributed by atoms with Crippen molar-refractivity contribution in [3.05, 3.63) is 70.7 Å². The lowest BCUT2D eigenvalue weighted by Gasteiger charge is -2.21. The van der Waals surface area contributed by atoms with Crippen molar-refractivity contribution >= 4 is 22.7 Å². The van der Waals surface area contributed by atoms with Crippen LogP contribution < -0.4 is 11.1 Å². The second-order valence-corrected chi connectivity index (χ2v) is 7.51. The average Bonchev–Trinajstić information content (AvgIpc) is 3.38. The van der Waals surface area contributed by atoms with E-state index in [0.29, 0.717) is 35.6 Å². The van der Waals surface area contributed by atoms with Crippen LogP contribution in [0.1, 0.15) is 34.8 Å². The van der Waals surface area contributed by atoms with Gasteiger partial charge in [-0.3, -0.25) is 14.3 Å². The van der Waals surface area contributed by atoms with Gasteiger partial charge in [0.05, 0.1) is 34.3 Å². The first-order chi connectivity index (χ1) is 15.1. The fourth-order valence-corrected chi connectivity index (χ4v) is 3.89. The molecule has 3 aromatic heterocycles. The maximum Gasteiger partial charge on any atom is 0.419 e. The van der Waals surface area contributed by atoms with E-state index in [9.17, 15) is 9.59 Å². The quantitative estimate of drug-likeness (QED) is 0.545. The molecule has 0 radical (unpaired) electrons. The number of benzene rings is 1. The van der Waals surface area contributed by atoms with Crippen LogP contribution >= 0.6 is 0 Å². The van der Waals surface area contributed by atoms with E-state index in [1.807, 2.05) is 12.1 Å². The number of aromatic nitrogens is 4. The van der Waals surface area contributed by atoms with Crippen LogP contribution in [0.25, 0.3) is 16.8 Å². The van der Waals surface area contributed by atoms with E-state index in [-0.39, 0.29) is 11.8 Å². The lowest BCUT2D eigenvalue weighted by molar-refractivity contribution is 0.0837. The smallest absolute Gasteiger partial charge is 0.405 e. The molecule has 4 heterocycles. The molecule has 1 amide bonds. The maximum atomic E-state index is 13.3. The van der Waals surface area contributed by atoms with E-state index >= 15 is 0 Å². The molecule has 5 rings (SSSR count). The van der Waals surface area contributed by atoms with Crippen LogP contribution in [-0.2, 0) is 11.8 Å². The average molecular weight is 419 g/mol. The zero-order valence-electron chi connectivity index (χ0n) is 16.9. The number of para-hydroxylation sites is 1. The minimum atomic E-state index is -0.482. The highest BCUT2D eigenvalue weighted by Gasteiger charge is 2.27. The van der Waals surface area contributed by atoms with E-state index in [1.165, 1.54) is 4.57 Å². The number of oxazole rings is 1.